The normalized spacial score (nSPS) is 8.43. The van der Waals surface area contributed by atoms with Crippen LogP contribution in [0, 0.1) is 0 Å². The molecule has 0 saturated heterocycles. The van der Waals surface area contributed by atoms with Crippen molar-refractivity contribution in [1.82, 2.24) is 0 Å². The summed E-state index contributed by atoms with van der Waals surface area (Å²) in [4.78, 5) is 21.6. The molecular formula is H6FO5P. The Labute approximate surface area is 38.5 Å². The van der Waals surface area contributed by atoms with Gasteiger partial charge in [0.1, 0.15) is 0 Å². The first kappa shape index (κ1) is 15.8. The summed E-state index contributed by atoms with van der Waals surface area (Å²) < 4.78 is 8.88. The third kappa shape index (κ3) is 19899999999999999320469623254548480. The summed E-state index contributed by atoms with van der Waals surface area (Å²) in [6.45, 7) is 0. The van der Waals surface area contributed by atoms with Crippen LogP contribution in [0.2, 0.25) is 0 Å². The van der Waals surface area contributed by atoms with Gasteiger partial charge in [0.2, 0.25) is 0 Å². The summed E-state index contributed by atoms with van der Waals surface area (Å²) in [6, 6.07) is 0. The summed E-state index contributed by atoms with van der Waals surface area (Å²) in [6.07, 6.45) is 0. The molecule has 0 bridgehead atoms. The predicted molar refractivity (Wildman–Crippen MR) is 20.4 cm³/mol. The highest BCUT2D eigenvalue weighted by atomic mass is 31.2. The van der Waals surface area contributed by atoms with E-state index < -0.39 is 7.82 Å². The van der Waals surface area contributed by atoms with E-state index in [-0.39, 0.29) is 10.2 Å². The molecule has 0 aliphatic rings. The molecule has 0 atom stereocenters. The Balaban J connectivity index is -0.0000000800. The van der Waals surface area contributed by atoms with E-state index in [4.69, 9.17) is 19.2 Å². The van der Waals surface area contributed by atoms with E-state index in [1.807, 2.05) is 0 Å². The lowest BCUT2D eigenvalue weighted by Crippen LogP contribution is -1.66. The van der Waals surface area contributed by atoms with Gasteiger partial charge < -0.3 is 20.2 Å². The van der Waals surface area contributed by atoms with E-state index in [2.05, 4.69) is 0 Å². The van der Waals surface area contributed by atoms with Crippen LogP contribution in [0.1, 0.15) is 0 Å². The molecule has 0 heterocycles. The second-order valence-electron chi connectivity index (χ2n) is 0.513. The van der Waals surface area contributed by atoms with Crippen molar-refractivity contribution in [3.63, 3.8) is 0 Å². The molecule has 0 aromatic heterocycles. The van der Waals surface area contributed by atoms with E-state index in [9.17, 15) is 0 Å². The average molecular weight is 136 g/mol. The Morgan fingerprint density at radius 3 is 1.14 bits per heavy atom. The first-order valence-corrected chi connectivity index (χ1v) is 2.35. The fraction of sp³-hybridized carbons (Fsp3) is 0. The van der Waals surface area contributed by atoms with Crippen LogP contribution >= 0.6 is 7.82 Å². The first-order valence-electron chi connectivity index (χ1n) is 0.783. The fourth-order valence-corrected chi connectivity index (χ4v) is 0. The summed E-state index contributed by atoms with van der Waals surface area (Å²) >= 11 is 0. The van der Waals surface area contributed by atoms with E-state index >= 15 is 0 Å². The standard InChI is InChI=1S/FH.H3O4P.H2O/c;1-5(2,3)4;/h1H;(H3,1,2,3,4);1H2. The van der Waals surface area contributed by atoms with Crippen LogP contribution in [-0.4, -0.2) is 20.2 Å². The van der Waals surface area contributed by atoms with Crippen molar-refractivity contribution in [3.05, 3.63) is 0 Å². The molecule has 0 aliphatic heterocycles. The molecule has 5 nitrogen and oxygen atoms in total. The topological polar surface area (TPSA) is 109 Å². The molecule has 0 aromatic rings. The van der Waals surface area contributed by atoms with Gasteiger partial charge in [-0.2, -0.15) is 0 Å². The first-order chi connectivity index (χ1) is 2.00. The minimum absolute atomic E-state index is 0. The van der Waals surface area contributed by atoms with Gasteiger partial charge in [-0.05, 0) is 0 Å². The van der Waals surface area contributed by atoms with Gasteiger partial charge in [-0.3, -0.25) is 4.70 Å². The van der Waals surface area contributed by atoms with Gasteiger partial charge in [-0.25, -0.2) is 4.57 Å². The maximum atomic E-state index is 8.88. The molecule has 5 N–H and O–H groups in total. The molecule has 0 amide bonds. The summed E-state index contributed by atoms with van der Waals surface area (Å²) in [5, 5.41) is 0. The van der Waals surface area contributed by atoms with Gasteiger partial charge in [0.25, 0.3) is 0 Å². The zero-order valence-electron chi connectivity index (χ0n) is 3.11. The number of halogens is 1. The number of phosphoric acid groups is 1. The largest absolute Gasteiger partial charge is 0.466 e. The highest BCUT2D eigenvalue weighted by Crippen LogP contribution is 2.25. The minimum Gasteiger partial charge on any atom is -0.412 e. The quantitative estimate of drug-likeness (QED) is 0.348. The maximum Gasteiger partial charge on any atom is 0.466 e. The molecule has 0 radical (unpaired) electrons. The Morgan fingerprint density at radius 1 is 1.14 bits per heavy atom. The second kappa shape index (κ2) is 4.17. The number of hydrogen-bond donors (Lipinski definition) is 3. The molecule has 7 heteroatoms. The summed E-state index contributed by atoms with van der Waals surface area (Å²) in [5.41, 5.74) is 0. The maximum absolute atomic E-state index is 8.88. The van der Waals surface area contributed by atoms with Gasteiger partial charge in [0, 0.05) is 0 Å². The Hall–Kier alpha value is -0.0000000000000000694. The molecule has 0 saturated carbocycles. The molecule has 0 aliphatic carbocycles. The van der Waals surface area contributed by atoms with Crippen LogP contribution in [0.15, 0.2) is 0 Å². The third-order valence-corrected chi connectivity index (χ3v) is 0. The van der Waals surface area contributed by atoms with Gasteiger partial charge in [0.05, 0.1) is 0 Å². The van der Waals surface area contributed by atoms with Gasteiger partial charge in [-0.15, -0.1) is 0 Å². The van der Waals surface area contributed by atoms with Gasteiger partial charge in [0.15, 0.2) is 0 Å². The van der Waals surface area contributed by atoms with E-state index in [1.165, 1.54) is 0 Å². The van der Waals surface area contributed by atoms with E-state index in [0.29, 0.717) is 0 Å². The van der Waals surface area contributed by atoms with Crippen molar-refractivity contribution in [1.29, 1.82) is 0 Å². The van der Waals surface area contributed by atoms with E-state index in [1.54, 1.807) is 0 Å². The van der Waals surface area contributed by atoms with Crippen LogP contribution in [0.5, 0.6) is 0 Å². The van der Waals surface area contributed by atoms with Crippen molar-refractivity contribution in [2.45, 2.75) is 0 Å². The third-order valence-electron chi connectivity index (χ3n) is 0. The van der Waals surface area contributed by atoms with Crippen molar-refractivity contribution in [2.24, 2.45) is 0 Å². The van der Waals surface area contributed by atoms with Crippen LogP contribution in [-0.2, 0) is 4.57 Å². The molecule has 0 aromatic carbocycles. The molecular weight excluding hydrogens is 130 g/mol. The number of hydrogen-bond acceptors (Lipinski definition) is 1. The molecule has 0 spiro atoms. The van der Waals surface area contributed by atoms with E-state index in [0.717, 1.165) is 0 Å². The van der Waals surface area contributed by atoms with Crippen molar-refractivity contribution in [3.8, 4) is 0 Å². The van der Waals surface area contributed by atoms with Crippen molar-refractivity contribution >= 4 is 7.82 Å². The molecule has 48 valence electrons. The van der Waals surface area contributed by atoms with Crippen molar-refractivity contribution in [2.75, 3.05) is 0 Å². The van der Waals surface area contributed by atoms with Crippen LogP contribution < -0.4 is 0 Å². The molecule has 0 fully saturated rings. The van der Waals surface area contributed by atoms with Gasteiger partial charge in [-0.1, -0.05) is 0 Å². The highest BCUT2D eigenvalue weighted by Gasteiger charge is 2.00. The van der Waals surface area contributed by atoms with Crippen LogP contribution in [0.4, 0.5) is 4.70 Å². The van der Waals surface area contributed by atoms with Gasteiger partial charge >= 0.3 is 7.82 Å². The Kier molecular flexibility index (Phi) is 9.38. The lowest BCUT2D eigenvalue weighted by molar-refractivity contribution is 0.275. The molecule has 0 unspecified atom stereocenters. The molecule has 7 heavy (non-hydrogen) atoms. The minimum atomic E-state index is -4.64. The van der Waals surface area contributed by atoms with Crippen LogP contribution in [0.3, 0.4) is 0 Å². The van der Waals surface area contributed by atoms with Crippen molar-refractivity contribution < 1.29 is 29.4 Å². The van der Waals surface area contributed by atoms with Crippen LogP contribution in [0.25, 0.3) is 0 Å². The second-order valence-corrected chi connectivity index (χ2v) is 1.54. The molecule has 0 rings (SSSR count). The zero-order valence-corrected chi connectivity index (χ0v) is 4.00. The smallest absolute Gasteiger partial charge is 0.412 e. The Bertz CT molecular complexity index is 54.2. The lowest BCUT2D eigenvalue weighted by atomic mass is 15.8. The predicted octanol–water partition coefficient (Wildman–Crippen LogP) is -1.60. The SMILES string of the molecule is F.O.O=P(O)(O)O. The lowest BCUT2D eigenvalue weighted by Gasteiger charge is -1.82. The highest BCUT2D eigenvalue weighted by molar-refractivity contribution is 7.45. The Morgan fingerprint density at radius 2 is 1.14 bits per heavy atom. The monoisotopic (exact) mass is 136 g/mol. The zero-order chi connectivity index (χ0) is 4.50. The summed E-state index contributed by atoms with van der Waals surface area (Å²) in [5.74, 6) is 0. The average Bonchev–Trinajstić information content (AvgIpc) is 0.722. The summed E-state index contributed by atoms with van der Waals surface area (Å²) in [7, 11) is -4.64. The fourth-order valence-electron chi connectivity index (χ4n) is 0. The number of rotatable bonds is 0.